The standard InChI is InChI=1S/C13H14N2O5/c1-19-12(17)8-5-11(16)15(7-8)9-3-4-14-10(6-9)13(18)20-2/h3-4,6,8H,5,7H2,1-2H3. The van der Waals surface area contributed by atoms with Crippen LogP contribution in [0.3, 0.4) is 0 Å². The number of hydrogen-bond acceptors (Lipinski definition) is 6. The van der Waals surface area contributed by atoms with Gasteiger partial charge in [0.05, 0.1) is 20.1 Å². The fourth-order valence-corrected chi connectivity index (χ4v) is 2.09. The minimum Gasteiger partial charge on any atom is -0.469 e. The predicted molar refractivity (Wildman–Crippen MR) is 68.1 cm³/mol. The van der Waals surface area contributed by atoms with Gasteiger partial charge in [-0.1, -0.05) is 0 Å². The van der Waals surface area contributed by atoms with Crippen LogP contribution in [0.25, 0.3) is 0 Å². The fourth-order valence-electron chi connectivity index (χ4n) is 2.09. The van der Waals surface area contributed by atoms with Crippen molar-refractivity contribution in [2.24, 2.45) is 5.92 Å². The largest absolute Gasteiger partial charge is 0.469 e. The summed E-state index contributed by atoms with van der Waals surface area (Å²) in [6.45, 7) is 0.232. The molecule has 2 heterocycles. The van der Waals surface area contributed by atoms with Gasteiger partial charge in [0.15, 0.2) is 0 Å². The number of pyridine rings is 1. The highest BCUT2D eigenvalue weighted by molar-refractivity contribution is 6.00. The van der Waals surface area contributed by atoms with Crippen LogP contribution >= 0.6 is 0 Å². The van der Waals surface area contributed by atoms with Gasteiger partial charge >= 0.3 is 11.9 Å². The maximum atomic E-state index is 11.9. The third-order valence-electron chi connectivity index (χ3n) is 3.11. The molecule has 7 nitrogen and oxygen atoms in total. The van der Waals surface area contributed by atoms with Crippen molar-refractivity contribution in [3.8, 4) is 0 Å². The fraction of sp³-hybridized carbons (Fsp3) is 0.385. The van der Waals surface area contributed by atoms with E-state index >= 15 is 0 Å². The molecule has 1 aliphatic rings. The van der Waals surface area contributed by atoms with Crippen molar-refractivity contribution < 1.29 is 23.9 Å². The van der Waals surface area contributed by atoms with Crippen molar-refractivity contribution in [3.05, 3.63) is 24.0 Å². The SMILES string of the molecule is COC(=O)c1cc(N2CC(C(=O)OC)CC2=O)ccn1. The van der Waals surface area contributed by atoms with E-state index in [-0.39, 0.29) is 24.6 Å². The molecule has 0 bridgehead atoms. The number of aromatic nitrogens is 1. The summed E-state index contributed by atoms with van der Waals surface area (Å²) in [5, 5.41) is 0. The second-order valence-corrected chi connectivity index (χ2v) is 4.32. The van der Waals surface area contributed by atoms with Crippen LogP contribution in [0, 0.1) is 5.92 Å². The highest BCUT2D eigenvalue weighted by Crippen LogP contribution is 2.26. The van der Waals surface area contributed by atoms with Gasteiger partial charge in [0, 0.05) is 24.8 Å². The minimum atomic E-state index is -0.581. The lowest BCUT2D eigenvalue weighted by atomic mass is 10.1. The van der Waals surface area contributed by atoms with E-state index in [1.54, 1.807) is 6.07 Å². The van der Waals surface area contributed by atoms with Crippen LogP contribution in [0.5, 0.6) is 0 Å². The molecule has 1 amide bonds. The summed E-state index contributed by atoms with van der Waals surface area (Å²) in [5.41, 5.74) is 0.621. The summed E-state index contributed by atoms with van der Waals surface area (Å²) < 4.78 is 9.22. The Balaban J connectivity index is 2.22. The third-order valence-corrected chi connectivity index (χ3v) is 3.11. The van der Waals surface area contributed by atoms with Crippen molar-refractivity contribution >= 4 is 23.5 Å². The van der Waals surface area contributed by atoms with Crippen molar-refractivity contribution in [2.45, 2.75) is 6.42 Å². The zero-order valence-electron chi connectivity index (χ0n) is 11.2. The van der Waals surface area contributed by atoms with Crippen LogP contribution in [0.4, 0.5) is 5.69 Å². The van der Waals surface area contributed by atoms with Crippen molar-refractivity contribution in [1.29, 1.82) is 0 Å². The zero-order valence-corrected chi connectivity index (χ0v) is 11.2. The molecule has 0 radical (unpaired) electrons. The number of hydrogen-bond donors (Lipinski definition) is 0. The Kier molecular flexibility index (Phi) is 3.97. The number of carbonyl (C=O) groups excluding carboxylic acids is 3. The Morgan fingerprint density at radius 2 is 2.10 bits per heavy atom. The first kappa shape index (κ1) is 14.0. The maximum Gasteiger partial charge on any atom is 0.356 e. The van der Waals surface area contributed by atoms with E-state index in [1.807, 2.05) is 0 Å². The lowest BCUT2D eigenvalue weighted by Gasteiger charge is -2.16. The van der Waals surface area contributed by atoms with Crippen LogP contribution in [0.2, 0.25) is 0 Å². The number of carbonyl (C=O) groups is 3. The summed E-state index contributed by atoms with van der Waals surface area (Å²) in [4.78, 5) is 40.1. The Bertz CT molecular complexity index is 557. The monoisotopic (exact) mass is 278 g/mol. The molecule has 1 aliphatic heterocycles. The third kappa shape index (κ3) is 2.61. The summed E-state index contributed by atoms with van der Waals surface area (Å²) in [6, 6.07) is 3.06. The van der Waals surface area contributed by atoms with Crippen molar-refractivity contribution in [1.82, 2.24) is 4.98 Å². The van der Waals surface area contributed by atoms with E-state index in [1.165, 1.54) is 31.4 Å². The smallest absolute Gasteiger partial charge is 0.356 e. The summed E-state index contributed by atoms with van der Waals surface area (Å²) >= 11 is 0. The van der Waals surface area contributed by atoms with E-state index in [4.69, 9.17) is 0 Å². The van der Waals surface area contributed by atoms with Crippen molar-refractivity contribution in [3.63, 3.8) is 0 Å². The van der Waals surface area contributed by atoms with E-state index in [0.717, 1.165) is 0 Å². The van der Waals surface area contributed by atoms with E-state index in [9.17, 15) is 14.4 Å². The number of esters is 2. The molecule has 1 unspecified atom stereocenters. The topological polar surface area (TPSA) is 85.8 Å². The molecule has 0 aromatic carbocycles. The van der Waals surface area contributed by atoms with E-state index in [2.05, 4.69) is 14.5 Å². The predicted octanol–water partition coefficient (Wildman–Crippen LogP) is 0.394. The number of rotatable bonds is 3. The van der Waals surface area contributed by atoms with Gasteiger partial charge < -0.3 is 14.4 Å². The molecule has 1 aromatic heterocycles. The Morgan fingerprint density at radius 3 is 2.75 bits per heavy atom. The first-order chi connectivity index (χ1) is 9.56. The number of methoxy groups -OCH3 is 2. The van der Waals surface area contributed by atoms with E-state index in [0.29, 0.717) is 5.69 Å². The molecule has 106 valence electrons. The summed E-state index contributed by atoms with van der Waals surface area (Å²) in [6.07, 6.45) is 1.52. The molecular formula is C13H14N2O5. The summed E-state index contributed by atoms with van der Waals surface area (Å²) in [5.74, 6) is -1.67. The van der Waals surface area contributed by atoms with Crippen LogP contribution in [-0.4, -0.2) is 43.6 Å². The molecule has 1 fully saturated rings. The van der Waals surface area contributed by atoms with Gasteiger partial charge in [0.25, 0.3) is 0 Å². The molecule has 2 rings (SSSR count). The second-order valence-electron chi connectivity index (χ2n) is 4.32. The molecule has 0 saturated carbocycles. The Hall–Kier alpha value is -2.44. The van der Waals surface area contributed by atoms with Crippen LogP contribution < -0.4 is 4.90 Å². The summed E-state index contributed by atoms with van der Waals surface area (Å²) in [7, 11) is 2.54. The van der Waals surface area contributed by atoms with Gasteiger partial charge in [-0.15, -0.1) is 0 Å². The molecule has 0 N–H and O–H groups in total. The van der Waals surface area contributed by atoms with Gasteiger partial charge in [-0.05, 0) is 12.1 Å². The molecular weight excluding hydrogens is 264 g/mol. The van der Waals surface area contributed by atoms with Crippen LogP contribution in [-0.2, 0) is 19.1 Å². The average molecular weight is 278 g/mol. The van der Waals surface area contributed by atoms with Gasteiger partial charge in [0.1, 0.15) is 5.69 Å². The van der Waals surface area contributed by atoms with Gasteiger partial charge in [-0.25, -0.2) is 9.78 Å². The van der Waals surface area contributed by atoms with Crippen molar-refractivity contribution in [2.75, 3.05) is 25.7 Å². The number of nitrogens with zero attached hydrogens (tertiary/aromatic N) is 2. The lowest BCUT2D eigenvalue weighted by molar-refractivity contribution is -0.145. The maximum absolute atomic E-state index is 11.9. The minimum absolute atomic E-state index is 0.0998. The quantitative estimate of drug-likeness (QED) is 0.744. The number of ether oxygens (including phenoxy) is 2. The molecule has 1 saturated heterocycles. The highest BCUT2D eigenvalue weighted by atomic mass is 16.5. The van der Waals surface area contributed by atoms with Gasteiger partial charge in [-0.3, -0.25) is 9.59 Å². The number of amides is 1. The average Bonchev–Trinajstić information content (AvgIpc) is 2.87. The van der Waals surface area contributed by atoms with Gasteiger partial charge in [-0.2, -0.15) is 0 Å². The first-order valence-corrected chi connectivity index (χ1v) is 5.99. The molecule has 0 spiro atoms. The second kappa shape index (κ2) is 5.68. The highest BCUT2D eigenvalue weighted by Gasteiger charge is 2.36. The molecule has 1 aromatic rings. The zero-order chi connectivity index (χ0) is 14.7. The Morgan fingerprint density at radius 1 is 1.35 bits per heavy atom. The Labute approximate surface area is 115 Å². The molecule has 20 heavy (non-hydrogen) atoms. The molecule has 0 aliphatic carbocycles. The first-order valence-electron chi connectivity index (χ1n) is 5.99. The van der Waals surface area contributed by atoms with Gasteiger partial charge in [0.2, 0.25) is 5.91 Å². The van der Waals surface area contributed by atoms with Crippen LogP contribution in [0.1, 0.15) is 16.9 Å². The normalized spacial score (nSPS) is 18.0. The lowest BCUT2D eigenvalue weighted by Crippen LogP contribution is -2.26. The van der Waals surface area contributed by atoms with Crippen LogP contribution in [0.15, 0.2) is 18.3 Å². The van der Waals surface area contributed by atoms with E-state index < -0.39 is 17.9 Å². The molecule has 1 atom stereocenters. The molecule has 7 heteroatoms. The number of anilines is 1.